The molecule has 2 aliphatic heterocycles. The van der Waals surface area contributed by atoms with Crippen molar-refractivity contribution in [3.8, 4) is 0 Å². The second-order valence-corrected chi connectivity index (χ2v) is 5.39. The molecule has 2 rings (SSSR count). The monoisotopic (exact) mass is 254 g/mol. The van der Waals surface area contributed by atoms with Gasteiger partial charge in [-0.3, -0.25) is 9.59 Å². The molecule has 0 radical (unpaired) electrons. The Labute approximate surface area is 108 Å². The summed E-state index contributed by atoms with van der Waals surface area (Å²) in [4.78, 5) is 27.9. The highest BCUT2D eigenvalue weighted by molar-refractivity contribution is 5.81. The lowest BCUT2D eigenvalue weighted by atomic mass is 9.96. The molecule has 0 N–H and O–H groups in total. The van der Waals surface area contributed by atoms with Crippen LogP contribution in [0.15, 0.2) is 0 Å². The third-order valence-corrected chi connectivity index (χ3v) is 4.01. The number of hydrogen-bond donors (Lipinski definition) is 0. The average molecular weight is 254 g/mol. The second kappa shape index (κ2) is 5.69. The zero-order valence-electron chi connectivity index (χ0n) is 11.2. The van der Waals surface area contributed by atoms with E-state index in [4.69, 9.17) is 4.74 Å². The summed E-state index contributed by atoms with van der Waals surface area (Å²) in [5.41, 5.74) is 0. The van der Waals surface area contributed by atoms with Gasteiger partial charge in [-0.2, -0.15) is 0 Å². The van der Waals surface area contributed by atoms with Gasteiger partial charge in [-0.15, -0.1) is 0 Å². The molecule has 0 aromatic carbocycles. The molecule has 5 heteroatoms. The average Bonchev–Trinajstić information content (AvgIpc) is 2.83. The zero-order chi connectivity index (χ0) is 13.1. The Balaban J connectivity index is 1.92. The van der Waals surface area contributed by atoms with Crippen LogP contribution in [0.3, 0.4) is 0 Å². The minimum atomic E-state index is -0.184. The maximum Gasteiger partial charge on any atom is 0.310 e. The Bertz CT molecular complexity index is 332. The van der Waals surface area contributed by atoms with Crippen LogP contribution in [0.5, 0.6) is 0 Å². The molecule has 0 spiro atoms. The number of piperidine rings is 1. The first kappa shape index (κ1) is 13.3. The van der Waals surface area contributed by atoms with E-state index in [1.165, 1.54) is 7.11 Å². The van der Waals surface area contributed by atoms with E-state index in [9.17, 15) is 9.59 Å². The normalized spacial score (nSPS) is 29.3. The highest BCUT2D eigenvalue weighted by Crippen LogP contribution is 2.23. The van der Waals surface area contributed by atoms with Gasteiger partial charge < -0.3 is 14.5 Å². The van der Waals surface area contributed by atoms with Crippen LogP contribution in [0.4, 0.5) is 0 Å². The van der Waals surface area contributed by atoms with Crippen LogP contribution in [0.1, 0.15) is 19.3 Å². The van der Waals surface area contributed by atoms with E-state index in [2.05, 4.69) is 4.90 Å². The summed E-state index contributed by atoms with van der Waals surface area (Å²) in [5, 5.41) is 0. The van der Waals surface area contributed by atoms with E-state index in [1.54, 1.807) is 0 Å². The summed E-state index contributed by atoms with van der Waals surface area (Å²) in [6, 6.07) is 0. The van der Waals surface area contributed by atoms with E-state index in [0.717, 1.165) is 38.9 Å². The number of rotatable bonds is 2. The smallest absolute Gasteiger partial charge is 0.310 e. The fourth-order valence-electron chi connectivity index (χ4n) is 2.93. The van der Waals surface area contributed by atoms with Crippen molar-refractivity contribution in [2.24, 2.45) is 11.8 Å². The summed E-state index contributed by atoms with van der Waals surface area (Å²) >= 11 is 0. The number of methoxy groups -OCH3 is 1. The maximum absolute atomic E-state index is 12.3. The molecule has 0 saturated carbocycles. The Morgan fingerprint density at radius 1 is 1.11 bits per heavy atom. The van der Waals surface area contributed by atoms with E-state index in [1.807, 2.05) is 11.9 Å². The molecule has 2 fully saturated rings. The molecule has 102 valence electrons. The van der Waals surface area contributed by atoms with Gasteiger partial charge >= 0.3 is 5.97 Å². The van der Waals surface area contributed by atoms with Gasteiger partial charge in [0.2, 0.25) is 5.91 Å². The third kappa shape index (κ3) is 2.83. The number of hydrogen-bond acceptors (Lipinski definition) is 4. The third-order valence-electron chi connectivity index (χ3n) is 4.01. The van der Waals surface area contributed by atoms with Crippen molar-refractivity contribution in [3.05, 3.63) is 0 Å². The predicted molar refractivity (Wildman–Crippen MR) is 66.9 cm³/mol. The van der Waals surface area contributed by atoms with Crippen LogP contribution in [-0.2, 0) is 14.3 Å². The first-order chi connectivity index (χ1) is 8.61. The molecule has 2 aliphatic rings. The van der Waals surface area contributed by atoms with Crippen molar-refractivity contribution in [3.63, 3.8) is 0 Å². The highest BCUT2D eigenvalue weighted by Gasteiger charge is 2.34. The van der Waals surface area contributed by atoms with E-state index >= 15 is 0 Å². The number of esters is 1. The molecular formula is C13H22N2O3. The fraction of sp³-hybridized carbons (Fsp3) is 0.846. The lowest BCUT2D eigenvalue weighted by Crippen LogP contribution is -2.45. The molecule has 2 saturated heterocycles. The van der Waals surface area contributed by atoms with Gasteiger partial charge in [0, 0.05) is 19.6 Å². The molecule has 0 aromatic heterocycles. The molecule has 0 aromatic rings. The maximum atomic E-state index is 12.3. The van der Waals surface area contributed by atoms with Gasteiger partial charge in [0.05, 0.1) is 18.9 Å². The van der Waals surface area contributed by atoms with Crippen molar-refractivity contribution >= 4 is 11.9 Å². The molecule has 2 heterocycles. The Kier molecular flexibility index (Phi) is 4.22. The van der Waals surface area contributed by atoms with Crippen molar-refractivity contribution < 1.29 is 14.3 Å². The molecular weight excluding hydrogens is 232 g/mol. The Hall–Kier alpha value is -1.10. The lowest BCUT2D eigenvalue weighted by Gasteiger charge is -2.33. The Morgan fingerprint density at radius 2 is 1.89 bits per heavy atom. The number of nitrogens with zero attached hydrogens (tertiary/aromatic N) is 2. The lowest BCUT2D eigenvalue weighted by molar-refractivity contribution is -0.149. The van der Waals surface area contributed by atoms with Crippen LogP contribution in [0.2, 0.25) is 0 Å². The minimum absolute atomic E-state index is 0.117. The first-order valence-corrected chi connectivity index (χ1v) is 6.67. The SMILES string of the molecule is COC(=O)C1CCCN(C(=O)C2CCN(C)C2)C1. The summed E-state index contributed by atoms with van der Waals surface area (Å²) in [6.07, 6.45) is 2.67. The predicted octanol–water partition coefficient (Wildman–Crippen LogP) is 0.350. The Morgan fingerprint density at radius 3 is 2.50 bits per heavy atom. The molecule has 0 bridgehead atoms. The number of ether oxygens (including phenoxy) is 1. The van der Waals surface area contributed by atoms with Crippen LogP contribution in [-0.4, -0.2) is 62.0 Å². The summed E-state index contributed by atoms with van der Waals surface area (Å²) in [7, 11) is 3.45. The largest absolute Gasteiger partial charge is 0.469 e. The topological polar surface area (TPSA) is 49.9 Å². The van der Waals surface area contributed by atoms with Crippen molar-refractivity contribution in [2.45, 2.75) is 19.3 Å². The first-order valence-electron chi connectivity index (χ1n) is 6.67. The van der Waals surface area contributed by atoms with Crippen molar-refractivity contribution in [1.29, 1.82) is 0 Å². The molecule has 1 amide bonds. The van der Waals surface area contributed by atoms with Crippen LogP contribution in [0, 0.1) is 11.8 Å². The number of likely N-dealkylation sites (tertiary alicyclic amines) is 2. The molecule has 2 unspecified atom stereocenters. The van der Waals surface area contributed by atoms with E-state index < -0.39 is 0 Å². The van der Waals surface area contributed by atoms with Crippen LogP contribution >= 0.6 is 0 Å². The van der Waals surface area contributed by atoms with Gasteiger partial charge in [0.15, 0.2) is 0 Å². The molecule has 18 heavy (non-hydrogen) atoms. The quantitative estimate of drug-likeness (QED) is 0.667. The zero-order valence-corrected chi connectivity index (χ0v) is 11.2. The van der Waals surface area contributed by atoms with Crippen LogP contribution < -0.4 is 0 Å². The van der Waals surface area contributed by atoms with Gasteiger partial charge in [0.1, 0.15) is 0 Å². The molecule has 2 atom stereocenters. The fourth-order valence-corrected chi connectivity index (χ4v) is 2.93. The van der Waals surface area contributed by atoms with Crippen LogP contribution in [0.25, 0.3) is 0 Å². The van der Waals surface area contributed by atoms with Gasteiger partial charge in [-0.1, -0.05) is 0 Å². The van der Waals surface area contributed by atoms with Gasteiger partial charge in [-0.25, -0.2) is 0 Å². The second-order valence-electron chi connectivity index (χ2n) is 5.39. The van der Waals surface area contributed by atoms with E-state index in [-0.39, 0.29) is 23.7 Å². The summed E-state index contributed by atoms with van der Waals surface area (Å²) < 4.78 is 4.78. The summed E-state index contributed by atoms with van der Waals surface area (Å²) in [6.45, 7) is 3.15. The number of carbonyl (C=O) groups is 2. The number of amides is 1. The van der Waals surface area contributed by atoms with Gasteiger partial charge in [-0.05, 0) is 32.9 Å². The minimum Gasteiger partial charge on any atom is -0.469 e. The summed E-state index contributed by atoms with van der Waals surface area (Å²) in [5.74, 6) is 0.0159. The van der Waals surface area contributed by atoms with Crippen molar-refractivity contribution in [2.75, 3.05) is 40.3 Å². The standard InChI is InChI=1S/C13H22N2O3/c1-14-7-5-10(8-14)12(16)15-6-3-4-11(9-15)13(17)18-2/h10-11H,3-9H2,1-2H3. The molecule has 5 nitrogen and oxygen atoms in total. The van der Waals surface area contributed by atoms with E-state index in [0.29, 0.717) is 6.54 Å². The highest BCUT2D eigenvalue weighted by atomic mass is 16.5. The van der Waals surface area contributed by atoms with Crippen molar-refractivity contribution in [1.82, 2.24) is 9.80 Å². The number of carbonyl (C=O) groups excluding carboxylic acids is 2. The molecule has 0 aliphatic carbocycles. The van der Waals surface area contributed by atoms with Gasteiger partial charge in [0.25, 0.3) is 0 Å².